The number of aliphatic hydroxyl groups is 2. The van der Waals surface area contributed by atoms with E-state index in [1.165, 1.54) is 38.1 Å². The highest BCUT2D eigenvalue weighted by Crippen LogP contribution is 2.14. The van der Waals surface area contributed by atoms with Crippen LogP contribution in [0, 0.1) is 11.3 Å². The third kappa shape index (κ3) is 28.5. The van der Waals surface area contributed by atoms with E-state index in [-0.39, 0.29) is 87.8 Å². The number of carboxylic acids is 1. The van der Waals surface area contributed by atoms with Crippen LogP contribution in [0.25, 0.3) is 0 Å². The predicted octanol–water partition coefficient (Wildman–Crippen LogP) is -6.35. The molecule has 24 N–H and O–H groups in total. The molecule has 1 aromatic carbocycles. The van der Waals surface area contributed by atoms with E-state index in [1.54, 1.807) is 13.8 Å². The largest absolute Gasteiger partial charge is 0.508 e. The van der Waals surface area contributed by atoms with Gasteiger partial charge in [0.2, 0.25) is 59.1 Å². The van der Waals surface area contributed by atoms with Crippen molar-refractivity contribution in [2.24, 2.45) is 28.9 Å². The van der Waals surface area contributed by atoms with E-state index in [1.807, 2.05) is 0 Å². The molecule has 0 aromatic heterocycles. The van der Waals surface area contributed by atoms with Crippen molar-refractivity contribution in [3.8, 4) is 5.75 Å². The summed E-state index contributed by atoms with van der Waals surface area (Å²) in [6.07, 6.45) is -0.508. The molecule has 0 aliphatic heterocycles. The summed E-state index contributed by atoms with van der Waals surface area (Å²) >= 11 is 8.05. The Hall–Kier alpha value is -7.04. The molecule has 0 radical (unpaired) electrons. The smallest absolute Gasteiger partial charge is 0.327 e. The minimum Gasteiger partial charge on any atom is -0.508 e. The predicted molar refractivity (Wildman–Crippen MR) is 314 cm³/mol. The number of aromatic hydroxyl groups is 1. The lowest BCUT2D eigenvalue weighted by Gasteiger charge is -2.28. The summed E-state index contributed by atoms with van der Waals surface area (Å²) in [5, 5.41) is 74.9. The molecule has 0 saturated carbocycles. The van der Waals surface area contributed by atoms with E-state index in [4.69, 9.17) is 28.3 Å². The standard InChI is InChI=1S/C51H88N16O15S2/c1-26(2)20-34(45(76)58-27(3)41(72)60-31(10-5-7-17-52)43(74)64-35(21-29-13-15-30(70)16-14-29)46(77)66-38(25-84)50(81)82)63-47(78)36(23-68)65-44(75)33(12-9-19-57-51(55)56)61-42(73)32(11-6-8-18-53)62-49(80)40(28(4)69)67-48(79)37(24-83)59-39(71)22-54/h13-16,26-28,31-38,40,68-70,83-84H,5-12,17-25,52-54H2,1-4H3,(H,58,76)(H,59,71)(H,60,72)(H,61,73)(H,62,80)(H,63,78)(H,64,74)(H,65,75)(H,66,77)(H,67,79)(H,81,82)(H4,55,56,57)/t27-,28+,31-,32-,33-,34-,35-,36-,37-,38-,40-/m0/s1. The average Bonchev–Trinajstić information content (AvgIpc) is 3.56. The molecule has 31 nitrogen and oxygen atoms in total. The van der Waals surface area contributed by atoms with Crippen LogP contribution < -0.4 is 81.4 Å². The molecule has 0 bridgehead atoms. The summed E-state index contributed by atoms with van der Waals surface area (Å²) in [6.45, 7) is 4.90. The van der Waals surface area contributed by atoms with Crippen LogP contribution in [-0.4, -0.2) is 202 Å². The van der Waals surface area contributed by atoms with Crippen molar-refractivity contribution < 1.29 is 73.2 Å². The molecule has 0 fully saturated rings. The van der Waals surface area contributed by atoms with Gasteiger partial charge in [0.1, 0.15) is 66.2 Å². The number of amides is 10. The first-order valence-corrected chi connectivity index (χ1v) is 28.7. The summed E-state index contributed by atoms with van der Waals surface area (Å²) < 4.78 is 0. The van der Waals surface area contributed by atoms with Crippen LogP contribution in [0.5, 0.6) is 5.75 Å². The lowest BCUT2D eigenvalue weighted by molar-refractivity contribution is -0.141. The maximum Gasteiger partial charge on any atom is 0.327 e. The molecule has 10 amide bonds. The molecule has 0 saturated heterocycles. The second-order valence-corrected chi connectivity index (χ2v) is 20.9. The van der Waals surface area contributed by atoms with Gasteiger partial charge < -0.3 is 102 Å². The molecular weight excluding hydrogens is 1140 g/mol. The Kier molecular flexibility index (Phi) is 35.9. The zero-order valence-electron chi connectivity index (χ0n) is 47.7. The monoisotopic (exact) mass is 1230 g/mol. The highest BCUT2D eigenvalue weighted by Gasteiger charge is 2.36. The third-order valence-electron chi connectivity index (χ3n) is 12.6. The maximum atomic E-state index is 14.1. The molecule has 0 aliphatic carbocycles. The van der Waals surface area contributed by atoms with Gasteiger partial charge in [-0.25, -0.2) is 4.79 Å². The Morgan fingerprint density at radius 1 is 0.536 bits per heavy atom. The minimum absolute atomic E-state index is 0.00654. The van der Waals surface area contributed by atoms with Crippen molar-refractivity contribution in [1.82, 2.24) is 58.5 Å². The van der Waals surface area contributed by atoms with Crippen LogP contribution in [-0.2, 0) is 59.2 Å². The van der Waals surface area contributed by atoms with Gasteiger partial charge in [-0.1, -0.05) is 26.0 Å². The Labute approximate surface area is 498 Å². The van der Waals surface area contributed by atoms with Gasteiger partial charge >= 0.3 is 5.97 Å². The Morgan fingerprint density at radius 3 is 1.43 bits per heavy atom. The molecule has 0 spiro atoms. The van der Waals surface area contributed by atoms with Crippen LogP contribution in [0.2, 0.25) is 0 Å². The maximum absolute atomic E-state index is 14.1. The number of hydrogen-bond donors (Lipinski definition) is 22. The number of aliphatic carboxylic acids is 1. The summed E-state index contributed by atoms with van der Waals surface area (Å²) in [5.74, 6) is -11.8. The highest BCUT2D eigenvalue weighted by molar-refractivity contribution is 7.80. The number of phenols is 1. The summed E-state index contributed by atoms with van der Waals surface area (Å²) in [7, 11) is 0. The van der Waals surface area contributed by atoms with Crippen molar-refractivity contribution >= 4 is 96.3 Å². The highest BCUT2D eigenvalue weighted by atomic mass is 32.1. The van der Waals surface area contributed by atoms with Gasteiger partial charge in [-0.2, -0.15) is 25.3 Å². The second-order valence-electron chi connectivity index (χ2n) is 20.1. The van der Waals surface area contributed by atoms with Gasteiger partial charge in [0, 0.05) is 24.5 Å². The van der Waals surface area contributed by atoms with Gasteiger partial charge in [-0.15, -0.1) is 0 Å². The van der Waals surface area contributed by atoms with E-state index in [0.29, 0.717) is 24.8 Å². The summed E-state index contributed by atoms with van der Waals surface area (Å²) in [5.41, 5.74) is 22.6. The number of rotatable bonds is 41. The first-order chi connectivity index (χ1) is 39.7. The molecule has 84 heavy (non-hydrogen) atoms. The van der Waals surface area contributed by atoms with Crippen LogP contribution in [0.3, 0.4) is 0 Å². The fraction of sp³-hybridized carbons (Fsp3) is 0.647. The number of phenolic OH excluding ortho intramolecular Hbond substituents is 1. The van der Waals surface area contributed by atoms with E-state index >= 15 is 0 Å². The molecular formula is C51H88N16O15S2. The van der Waals surface area contributed by atoms with Gasteiger partial charge in [-0.05, 0) is 108 Å². The Bertz CT molecular complexity index is 2340. The number of carbonyl (C=O) groups is 11. The number of carboxylic acid groups (broad SMARTS) is 1. The first kappa shape index (κ1) is 75.0. The number of hydrogen-bond acceptors (Lipinski definition) is 20. The van der Waals surface area contributed by atoms with Crippen LogP contribution >= 0.6 is 25.3 Å². The summed E-state index contributed by atoms with van der Waals surface area (Å²) in [6, 6.07) is -8.85. The minimum atomic E-state index is -1.76. The molecule has 0 aliphatic rings. The number of thiol groups is 2. The molecule has 33 heteroatoms. The zero-order chi connectivity index (χ0) is 63.6. The first-order valence-electron chi connectivity index (χ1n) is 27.4. The van der Waals surface area contributed by atoms with Gasteiger partial charge in [0.15, 0.2) is 5.96 Å². The van der Waals surface area contributed by atoms with E-state index in [2.05, 4.69) is 83.7 Å². The second kappa shape index (κ2) is 40.3. The van der Waals surface area contributed by atoms with Crippen LogP contribution in [0.15, 0.2) is 24.3 Å². The van der Waals surface area contributed by atoms with Crippen molar-refractivity contribution in [3.63, 3.8) is 0 Å². The van der Waals surface area contributed by atoms with Gasteiger partial charge in [0.25, 0.3) is 0 Å². The Balaban J connectivity index is 3.42. The number of carbonyl (C=O) groups excluding carboxylic acids is 10. The average molecular weight is 1230 g/mol. The lowest BCUT2D eigenvalue weighted by Crippen LogP contribution is -2.62. The molecule has 11 atom stereocenters. The van der Waals surface area contributed by atoms with Gasteiger partial charge in [0.05, 0.1) is 19.3 Å². The number of benzene rings is 1. The van der Waals surface area contributed by atoms with Crippen molar-refractivity contribution in [2.75, 3.05) is 44.3 Å². The topological polar surface area (TPSA) is 529 Å². The van der Waals surface area contributed by atoms with Crippen molar-refractivity contribution in [1.29, 1.82) is 5.41 Å². The van der Waals surface area contributed by atoms with Gasteiger partial charge in [-0.3, -0.25) is 53.4 Å². The molecule has 0 unspecified atom stereocenters. The summed E-state index contributed by atoms with van der Waals surface area (Å²) in [4.78, 5) is 147. The fourth-order valence-electron chi connectivity index (χ4n) is 7.89. The normalized spacial score (nSPS) is 15.0. The molecule has 0 heterocycles. The zero-order valence-corrected chi connectivity index (χ0v) is 49.5. The molecule has 1 aromatic rings. The number of guanidine groups is 1. The Morgan fingerprint density at radius 2 is 0.964 bits per heavy atom. The van der Waals surface area contributed by atoms with E-state index < -0.39 is 151 Å². The number of aliphatic hydroxyl groups excluding tert-OH is 2. The molecule has 1 rings (SSSR count). The molecule has 474 valence electrons. The van der Waals surface area contributed by atoms with Crippen molar-refractivity contribution in [2.45, 2.75) is 158 Å². The quantitative estimate of drug-likeness (QED) is 0.0125. The fourth-order valence-corrected chi connectivity index (χ4v) is 8.39. The SMILES string of the molecule is CC(C)C[C@H](NC(=O)[C@H](CO)NC(=O)[C@H](CCCNC(=N)N)NC(=O)[C@H](CCCCN)NC(=O)[C@@H](NC(=O)[C@H](CS)NC(=O)CN)[C@@H](C)O)C(=O)N[C@@H](C)C(=O)N[C@@H](CCCCN)C(=O)N[C@@H](Cc1ccc(O)cc1)C(=O)N[C@@H](CS)C(=O)O. The number of unbranched alkanes of at least 4 members (excludes halogenated alkanes) is 2. The lowest BCUT2D eigenvalue weighted by atomic mass is 10.0. The van der Waals surface area contributed by atoms with Crippen molar-refractivity contribution in [3.05, 3.63) is 29.8 Å². The van der Waals surface area contributed by atoms with E-state index in [0.717, 1.165) is 0 Å². The van der Waals surface area contributed by atoms with Crippen LogP contribution in [0.1, 0.15) is 91.0 Å². The van der Waals surface area contributed by atoms with E-state index in [9.17, 15) is 73.2 Å². The van der Waals surface area contributed by atoms with Crippen LogP contribution in [0.4, 0.5) is 0 Å². The third-order valence-corrected chi connectivity index (χ3v) is 13.3. The number of nitrogens with two attached hydrogens (primary N) is 4. The number of nitrogens with one attached hydrogen (secondary N) is 12.